The summed E-state index contributed by atoms with van der Waals surface area (Å²) < 4.78 is 0. The van der Waals surface area contributed by atoms with Crippen molar-refractivity contribution in [3.05, 3.63) is 0 Å². The second-order valence-electron chi connectivity index (χ2n) is 12.5. The second kappa shape index (κ2) is 9.54. The van der Waals surface area contributed by atoms with Crippen LogP contribution in [0.15, 0.2) is 0 Å². The summed E-state index contributed by atoms with van der Waals surface area (Å²) in [5.74, 6) is -2.13. The summed E-state index contributed by atoms with van der Waals surface area (Å²) in [6, 6.07) is -2.45. The number of carbonyl (C=O) groups is 5. The van der Waals surface area contributed by atoms with Gasteiger partial charge in [0.05, 0.1) is 6.04 Å². The predicted octanol–water partition coefficient (Wildman–Crippen LogP) is 1.26. The van der Waals surface area contributed by atoms with Crippen molar-refractivity contribution in [2.75, 3.05) is 13.6 Å². The Labute approximate surface area is 208 Å². The highest BCUT2D eigenvalue weighted by Crippen LogP contribution is 2.65. The number of fused-ring (bicyclic) bond motifs is 1. The zero-order valence-electron chi connectivity index (χ0n) is 22.4. The normalized spacial score (nSPS) is 26.4. The number of piperidine rings is 1. The molecule has 1 saturated heterocycles. The fourth-order valence-corrected chi connectivity index (χ4v) is 5.39. The molecule has 2 aliphatic carbocycles. The van der Waals surface area contributed by atoms with Crippen LogP contribution in [0.2, 0.25) is 0 Å². The van der Waals surface area contributed by atoms with Gasteiger partial charge in [-0.15, -0.1) is 0 Å². The van der Waals surface area contributed by atoms with Crippen LogP contribution >= 0.6 is 0 Å². The molecule has 0 spiro atoms. The molecule has 35 heavy (non-hydrogen) atoms. The van der Waals surface area contributed by atoms with Gasteiger partial charge in [0.1, 0.15) is 12.1 Å². The summed E-state index contributed by atoms with van der Waals surface area (Å²) in [5.41, 5.74) is -0.664. The standard InChI is InChI=1S/C26H42N4O5/c1-13(2)21(32)29-20(25(3,4)5)24(35)30-12-15-17(26(15,6)7)18(30)22(33)28-16(11-14-9-10-14)19(31)23(34)27-8/h13-18,20H,9-12H2,1-8H3,(H,27,34)(H,28,33)(H,29,32)/t15-,16?,17-,18-,20?/m0/s1. The van der Waals surface area contributed by atoms with Crippen LogP contribution in [0.4, 0.5) is 0 Å². The first-order valence-corrected chi connectivity index (χ1v) is 12.8. The minimum atomic E-state index is -0.910. The number of Topliss-reactive ketones (excluding diaryl/α,β-unsaturated/α-hetero) is 1. The van der Waals surface area contributed by atoms with Crippen molar-refractivity contribution in [1.82, 2.24) is 20.9 Å². The highest BCUT2D eigenvalue weighted by Gasteiger charge is 2.70. The van der Waals surface area contributed by atoms with Crippen LogP contribution in [0.1, 0.15) is 67.7 Å². The van der Waals surface area contributed by atoms with Gasteiger partial charge in [-0.1, -0.05) is 61.3 Å². The maximum atomic E-state index is 13.8. The zero-order valence-corrected chi connectivity index (χ0v) is 22.4. The quantitative estimate of drug-likeness (QED) is 0.420. The van der Waals surface area contributed by atoms with E-state index >= 15 is 0 Å². The molecule has 1 aliphatic heterocycles. The number of hydrogen-bond acceptors (Lipinski definition) is 5. The molecule has 3 rings (SSSR count). The number of likely N-dealkylation sites (N-methyl/N-ethyl adjacent to an activating group) is 1. The SMILES string of the molecule is CNC(=O)C(=O)C(CC1CC1)NC(=O)[C@@H]1[C@@H]2[C@H](CN1C(=O)C(NC(=O)C(C)C)C(C)(C)C)C2(C)C. The monoisotopic (exact) mass is 490 g/mol. The van der Waals surface area contributed by atoms with Crippen molar-refractivity contribution in [2.24, 2.45) is 34.5 Å². The van der Waals surface area contributed by atoms with E-state index in [1.54, 1.807) is 18.7 Å². The third kappa shape index (κ3) is 5.54. The Kier molecular flexibility index (Phi) is 7.40. The second-order valence-corrected chi connectivity index (χ2v) is 12.5. The maximum Gasteiger partial charge on any atom is 0.289 e. The molecule has 4 amide bonds. The Morgan fingerprint density at radius 2 is 1.63 bits per heavy atom. The van der Waals surface area contributed by atoms with E-state index < -0.39 is 41.1 Å². The molecule has 2 saturated carbocycles. The van der Waals surface area contributed by atoms with E-state index in [1.807, 2.05) is 20.8 Å². The highest BCUT2D eigenvalue weighted by atomic mass is 16.2. The Morgan fingerprint density at radius 1 is 1.03 bits per heavy atom. The van der Waals surface area contributed by atoms with E-state index in [-0.39, 0.29) is 35.0 Å². The van der Waals surface area contributed by atoms with Gasteiger partial charge in [-0.05, 0) is 35.0 Å². The lowest BCUT2D eigenvalue weighted by Crippen LogP contribution is -2.60. The number of amides is 4. The molecule has 196 valence electrons. The van der Waals surface area contributed by atoms with Gasteiger partial charge in [0, 0.05) is 19.5 Å². The van der Waals surface area contributed by atoms with E-state index in [2.05, 4.69) is 29.8 Å². The lowest BCUT2D eigenvalue weighted by Gasteiger charge is -2.38. The number of hydrogen-bond donors (Lipinski definition) is 3. The van der Waals surface area contributed by atoms with Gasteiger partial charge < -0.3 is 20.9 Å². The van der Waals surface area contributed by atoms with Gasteiger partial charge in [0.15, 0.2) is 0 Å². The minimum Gasteiger partial charge on any atom is -0.353 e. The molecule has 3 fully saturated rings. The van der Waals surface area contributed by atoms with Crippen LogP contribution in [-0.4, -0.2) is 66.0 Å². The molecule has 1 heterocycles. The maximum absolute atomic E-state index is 13.8. The number of nitrogens with one attached hydrogen (secondary N) is 3. The van der Waals surface area contributed by atoms with Gasteiger partial charge in [-0.3, -0.25) is 24.0 Å². The molecule has 5 atom stereocenters. The number of nitrogens with zero attached hydrogens (tertiary/aromatic N) is 1. The molecule has 9 nitrogen and oxygen atoms in total. The molecule has 0 aromatic rings. The summed E-state index contributed by atoms with van der Waals surface area (Å²) in [4.78, 5) is 66.3. The minimum absolute atomic E-state index is 0.0375. The van der Waals surface area contributed by atoms with Crippen molar-refractivity contribution in [1.29, 1.82) is 0 Å². The van der Waals surface area contributed by atoms with Crippen LogP contribution in [-0.2, 0) is 24.0 Å². The first-order chi connectivity index (χ1) is 16.1. The molecular weight excluding hydrogens is 448 g/mol. The topological polar surface area (TPSA) is 125 Å². The fraction of sp³-hybridized carbons (Fsp3) is 0.808. The number of rotatable bonds is 9. The summed E-state index contributed by atoms with van der Waals surface area (Å²) >= 11 is 0. The molecule has 9 heteroatoms. The first-order valence-electron chi connectivity index (χ1n) is 12.8. The van der Waals surface area contributed by atoms with Crippen molar-refractivity contribution >= 4 is 29.4 Å². The van der Waals surface area contributed by atoms with Crippen LogP contribution in [0.3, 0.4) is 0 Å². The molecule has 0 radical (unpaired) electrons. The van der Waals surface area contributed by atoms with Crippen LogP contribution in [0.5, 0.6) is 0 Å². The van der Waals surface area contributed by atoms with Crippen LogP contribution in [0.25, 0.3) is 0 Å². The largest absolute Gasteiger partial charge is 0.353 e. The molecule has 0 bridgehead atoms. The van der Waals surface area contributed by atoms with Gasteiger partial charge >= 0.3 is 0 Å². The highest BCUT2D eigenvalue weighted by molar-refractivity contribution is 6.38. The molecule has 0 aromatic carbocycles. The lowest BCUT2D eigenvalue weighted by atomic mass is 9.84. The number of ketones is 1. The molecule has 3 aliphatic rings. The van der Waals surface area contributed by atoms with Gasteiger partial charge in [0.2, 0.25) is 23.5 Å². The van der Waals surface area contributed by atoms with E-state index in [9.17, 15) is 24.0 Å². The van der Waals surface area contributed by atoms with E-state index in [1.165, 1.54) is 7.05 Å². The van der Waals surface area contributed by atoms with E-state index in [0.29, 0.717) is 18.9 Å². The van der Waals surface area contributed by atoms with E-state index in [0.717, 1.165) is 12.8 Å². The third-order valence-corrected chi connectivity index (χ3v) is 8.03. The molecule has 2 unspecified atom stereocenters. The average molecular weight is 491 g/mol. The van der Waals surface area contributed by atoms with Gasteiger partial charge in [-0.2, -0.15) is 0 Å². The average Bonchev–Trinajstić information content (AvgIpc) is 3.61. The molecule has 3 N–H and O–H groups in total. The summed E-state index contributed by atoms with van der Waals surface area (Å²) in [6.45, 7) is 13.8. The number of likely N-dealkylation sites (tertiary alicyclic amines) is 1. The van der Waals surface area contributed by atoms with Crippen molar-refractivity contribution < 1.29 is 24.0 Å². The first kappa shape index (κ1) is 27.1. The van der Waals surface area contributed by atoms with Gasteiger partial charge in [0.25, 0.3) is 5.91 Å². The zero-order chi connectivity index (χ0) is 26.5. The summed E-state index contributed by atoms with van der Waals surface area (Å²) in [6.07, 6.45) is 2.37. The van der Waals surface area contributed by atoms with E-state index in [4.69, 9.17) is 0 Å². The lowest BCUT2D eigenvalue weighted by molar-refractivity contribution is -0.147. The Hall–Kier alpha value is -2.45. The van der Waals surface area contributed by atoms with Crippen LogP contribution < -0.4 is 16.0 Å². The third-order valence-electron chi connectivity index (χ3n) is 8.03. The van der Waals surface area contributed by atoms with Gasteiger partial charge in [-0.25, -0.2) is 0 Å². The summed E-state index contributed by atoms with van der Waals surface area (Å²) in [5, 5.41) is 8.07. The number of carbonyl (C=O) groups excluding carboxylic acids is 5. The van der Waals surface area contributed by atoms with Crippen LogP contribution in [0, 0.1) is 34.5 Å². The molecular formula is C26H42N4O5. The van der Waals surface area contributed by atoms with Crippen molar-refractivity contribution in [3.63, 3.8) is 0 Å². The van der Waals surface area contributed by atoms with Crippen molar-refractivity contribution in [2.45, 2.75) is 85.9 Å². The fourth-order valence-electron chi connectivity index (χ4n) is 5.39. The molecule has 0 aromatic heterocycles. The summed E-state index contributed by atoms with van der Waals surface area (Å²) in [7, 11) is 1.39. The van der Waals surface area contributed by atoms with Crippen molar-refractivity contribution in [3.8, 4) is 0 Å². The Bertz CT molecular complexity index is 902. The smallest absolute Gasteiger partial charge is 0.289 e. The Balaban J connectivity index is 1.85. The Morgan fingerprint density at radius 3 is 2.11 bits per heavy atom. The predicted molar refractivity (Wildman–Crippen MR) is 131 cm³/mol.